The minimum Gasteiger partial charge on any atom is -0.508 e. The molecule has 0 aliphatic heterocycles. The van der Waals surface area contributed by atoms with E-state index in [9.17, 15) is 15.0 Å². The summed E-state index contributed by atoms with van der Waals surface area (Å²) in [7, 11) is 1.38. The maximum atomic E-state index is 11.7. The molecule has 5 heteroatoms. The van der Waals surface area contributed by atoms with E-state index in [-0.39, 0.29) is 23.6 Å². The minimum absolute atomic E-state index is 0.135. The third-order valence-corrected chi connectivity index (χ3v) is 4.36. The van der Waals surface area contributed by atoms with Crippen LogP contribution in [-0.4, -0.2) is 35.4 Å². The zero-order valence-corrected chi connectivity index (χ0v) is 12.2. The molecule has 0 bridgehead atoms. The first-order valence-corrected chi connectivity index (χ1v) is 7.32. The Morgan fingerprint density at radius 1 is 1.38 bits per heavy atom. The predicted octanol–water partition coefficient (Wildman–Crippen LogP) is 1.21. The monoisotopic (exact) mass is 293 g/mol. The summed E-state index contributed by atoms with van der Waals surface area (Å²) in [5, 5.41) is 19.7. The summed E-state index contributed by atoms with van der Waals surface area (Å²) >= 11 is 0. The highest BCUT2D eigenvalue weighted by molar-refractivity contribution is 5.73. The quantitative estimate of drug-likeness (QED) is 0.710. The SMILES string of the molecule is COC(=O)C1CCCC1C(O)C(N)Cc1ccc(O)cc1. The highest BCUT2D eigenvalue weighted by atomic mass is 16.5. The van der Waals surface area contributed by atoms with Crippen LogP contribution in [0, 0.1) is 11.8 Å². The molecule has 2 rings (SSSR count). The molecule has 4 atom stereocenters. The third kappa shape index (κ3) is 3.74. The Morgan fingerprint density at radius 2 is 2.05 bits per heavy atom. The van der Waals surface area contributed by atoms with E-state index in [4.69, 9.17) is 10.5 Å². The molecule has 0 amide bonds. The third-order valence-electron chi connectivity index (χ3n) is 4.36. The minimum atomic E-state index is -0.731. The molecule has 1 aliphatic rings. The van der Waals surface area contributed by atoms with Crippen molar-refractivity contribution in [3.63, 3.8) is 0 Å². The van der Waals surface area contributed by atoms with Gasteiger partial charge in [0.2, 0.25) is 0 Å². The van der Waals surface area contributed by atoms with Gasteiger partial charge in [0.05, 0.1) is 19.1 Å². The Labute approximate surface area is 124 Å². The molecule has 5 nitrogen and oxygen atoms in total. The van der Waals surface area contributed by atoms with Crippen LogP contribution < -0.4 is 5.73 Å². The van der Waals surface area contributed by atoms with Gasteiger partial charge in [-0.2, -0.15) is 0 Å². The van der Waals surface area contributed by atoms with E-state index in [1.54, 1.807) is 24.3 Å². The summed E-state index contributed by atoms with van der Waals surface area (Å²) in [6.07, 6.45) is 2.23. The molecule has 4 unspecified atom stereocenters. The number of hydrogen-bond donors (Lipinski definition) is 3. The Balaban J connectivity index is 1.99. The maximum absolute atomic E-state index is 11.7. The number of aliphatic hydroxyl groups is 1. The number of carbonyl (C=O) groups excluding carboxylic acids is 1. The van der Waals surface area contributed by atoms with Crippen molar-refractivity contribution in [1.29, 1.82) is 0 Å². The van der Waals surface area contributed by atoms with Crippen LogP contribution in [0.3, 0.4) is 0 Å². The van der Waals surface area contributed by atoms with Gasteiger partial charge in [-0.05, 0) is 42.9 Å². The van der Waals surface area contributed by atoms with Gasteiger partial charge in [-0.3, -0.25) is 4.79 Å². The molecule has 1 aliphatic carbocycles. The first kappa shape index (κ1) is 15.8. The van der Waals surface area contributed by atoms with Gasteiger partial charge in [-0.25, -0.2) is 0 Å². The Bertz CT molecular complexity index is 474. The number of phenolic OH excluding ortho intramolecular Hbond substituents is 1. The van der Waals surface area contributed by atoms with Gasteiger partial charge in [0, 0.05) is 6.04 Å². The summed E-state index contributed by atoms with van der Waals surface area (Å²) in [6.45, 7) is 0. The van der Waals surface area contributed by atoms with Crippen molar-refractivity contribution in [1.82, 2.24) is 0 Å². The Hall–Kier alpha value is -1.59. The van der Waals surface area contributed by atoms with Crippen LogP contribution in [0.1, 0.15) is 24.8 Å². The molecule has 0 spiro atoms. The molecular weight excluding hydrogens is 270 g/mol. The number of benzene rings is 1. The van der Waals surface area contributed by atoms with Crippen LogP contribution in [0.5, 0.6) is 5.75 Å². The summed E-state index contributed by atoms with van der Waals surface area (Å²) in [6, 6.07) is 6.33. The van der Waals surface area contributed by atoms with Crippen LogP contribution in [0.4, 0.5) is 0 Å². The first-order chi connectivity index (χ1) is 10.0. The number of methoxy groups -OCH3 is 1. The molecule has 0 saturated heterocycles. The topological polar surface area (TPSA) is 92.8 Å². The second kappa shape index (κ2) is 6.91. The molecule has 4 N–H and O–H groups in total. The number of hydrogen-bond acceptors (Lipinski definition) is 5. The van der Waals surface area contributed by atoms with Crippen LogP contribution in [0.25, 0.3) is 0 Å². The number of esters is 1. The smallest absolute Gasteiger partial charge is 0.309 e. The van der Waals surface area contributed by atoms with E-state index in [0.717, 1.165) is 24.8 Å². The van der Waals surface area contributed by atoms with Gasteiger partial charge in [-0.1, -0.05) is 18.6 Å². The number of nitrogens with two attached hydrogens (primary N) is 1. The predicted molar refractivity (Wildman–Crippen MR) is 78.6 cm³/mol. The summed E-state index contributed by atoms with van der Waals surface area (Å²) in [5.74, 6) is -0.441. The van der Waals surface area contributed by atoms with Gasteiger partial charge in [0.15, 0.2) is 0 Å². The Morgan fingerprint density at radius 3 is 2.67 bits per heavy atom. The fourth-order valence-electron chi connectivity index (χ4n) is 3.18. The Kier molecular flexibility index (Phi) is 5.20. The van der Waals surface area contributed by atoms with Crippen molar-refractivity contribution in [2.24, 2.45) is 17.6 Å². The van der Waals surface area contributed by atoms with Gasteiger partial charge in [-0.15, -0.1) is 0 Å². The van der Waals surface area contributed by atoms with Crippen molar-refractivity contribution >= 4 is 5.97 Å². The molecule has 1 aromatic carbocycles. The van der Waals surface area contributed by atoms with E-state index >= 15 is 0 Å². The zero-order chi connectivity index (χ0) is 15.4. The van der Waals surface area contributed by atoms with Crippen molar-refractivity contribution in [2.45, 2.75) is 37.8 Å². The highest BCUT2D eigenvalue weighted by Crippen LogP contribution is 2.36. The fourth-order valence-corrected chi connectivity index (χ4v) is 3.18. The van der Waals surface area contributed by atoms with E-state index < -0.39 is 12.1 Å². The van der Waals surface area contributed by atoms with Crippen molar-refractivity contribution in [3.05, 3.63) is 29.8 Å². The van der Waals surface area contributed by atoms with E-state index in [1.807, 2.05) is 0 Å². The molecule has 1 saturated carbocycles. The van der Waals surface area contributed by atoms with E-state index in [2.05, 4.69) is 0 Å². The number of carbonyl (C=O) groups is 1. The van der Waals surface area contributed by atoms with Crippen LogP contribution in [0.15, 0.2) is 24.3 Å². The van der Waals surface area contributed by atoms with Gasteiger partial charge < -0.3 is 20.7 Å². The second-order valence-electron chi connectivity index (χ2n) is 5.75. The number of ether oxygens (including phenoxy) is 1. The molecule has 1 fully saturated rings. The standard InChI is InChI=1S/C16H23NO4/c1-21-16(20)13-4-2-3-12(13)15(19)14(17)9-10-5-7-11(18)8-6-10/h5-8,12-15,18-19H,2-4,9,17H2,1H3. The van der Waals surface area contributed by atoms with Gasteiger partial charge in [0.1, 0.15) is 5.75 Å². The zero-order valence-electron chi connectivity index (χ0n) is 12.2. The molecule has 0 heterocycles. The summed E-state index contributed by atoms with van der Waals surface area (Å²) < 4.78 is 4.81. The number of aliphatic hydroxyl groups excluding tert-OH is 1. The second-order valence-corrected chi connectivity index (χ2v) is 5.75. The largest absolute Gasteiger partial charge is 0.508 e. The van der Waals surface area contributed by atoms with Crippen LogP contribution >= 0.6 is 0 Å². The summed E-state index contributed by atoms with van der Waals surface area (Å²) in [4.78, 5) is 11.7. The van der Waals surface area contributed by atoms with Gasteiger partial charge >= 0.3 is 5.97 Å². The average Bonchev–Trinajstić information content (AvgIpc) is 2.97. The maximum Gasteiger partial charge on any atom is 0.309 e. The molecule has 0 radical (unpaired) electrons. The van der Waals surface area contributed by atoms with E-state index in [1.165, 1.54) is 7.11 Å². The lowest BCUT2D eigenvalue weighted by Crippen LogP contribution is -2.44. The van der Waals surface area contributed by atoms with Crippen molar-refractivity contribution in [2.75, 3.05) is 7.11 Å². The lowest BCUT2D eigenvalue weighted by molar-refractivity contribution is -0.148. The van der Waals surface area contributed by atoms with Crippen LogP contribution in [0.2, 0.25) is 0 Å². The molecule has 0 aromatic heterocycles. The lowest BCUT2D eigenvalue weighted by Gasteiger charge is -2.28. The van der Waals surface area contributed by atoms with Crippen LogP contribution in [-0.2, 0) is 16.0 Å². The summed E-state index contributed by atoms with van der Waals surface area (Å²) in [5.41, 5.74) is 7.06. The highest BCUT2D eigenvalue weighted by Gasteiger charge is 2.40. The molecule has 1 aromatic rings. The molecular formula is C16H23NO4. The number of phenols is 1. The first-order valence-electron chi connectivity index (χ1n) is 7.32. The normalized spacial score (nSPS) is 24.5. The average molecular weight is 293 g/mol. The fraction of sp³-hybridized carbons (Fsp3) is 0.562. The molecule has 116 valence electrons. The number of aromatic hydroxyl groups is 1. The van der Waals surface area contributed by atoms with Crippen molar-refractivity contribution in [3.8, 4) is 5.75 Å². The number of rotatable bonds is 5. The van der Waals surface area contributed by atoms with Gasteiger partial charge in [0.25, 0.3) is 0 Å². The molecule has 21 heavy (non-hydrogen) atoms. The lowest BCUT2D eigenvalue weighted by atomic mass is 9.85. The van der Waals surface area contributed by atoms with E-state index in [0.29, 0.717) is 6.42 Å². The van der Waals surface area contributed by atoms with Crippen molar-refractivity contribution < 1.29 is 19.7 Å².